The van der Waals surface area contributed by atoms with E-state index in [1.807, 2.05) is 11.3 Å². The van der Waals surface area contributed by atoms with E-state index in [-0.39, 0.29) is 6.10 Å². The molecule has 0 fully saturated rings. The Balaban J connectivity index is 2.65. The summed E-state index contributed by atoms with van der Waals surface area (Å²) in [6, 6.07) is 4.46. The van der Waals surface area contributed by atoms with E-state index in [9.17, 15) is 5.11 Å². The van der Waals surface area contributed by atoms with Crippen LogP contribution in [-0.2, 0) is 6.42 Å². The molecule has 0 aliphatic heterocycles. The average molecular weight is 255 g/mol. The molecule has 17 heavy (non-hydrogen) atoms. The zero-order valence-electron chi connectivity index (χ0n) is 11.1. The van der Waals surface area contributed by atoms with Gasteiger partial charge in [-0.2, -0.15) is 0 Å². The van der Waals surface area contributed by atoms with Gasteiger partial charge < -0.3 is 10.8 Å². The Labute approximate surface area is 109 Å². The summed E-state index contributed by atoms with van der Waals surface area (Å²) in [5.74, 6) is 1.16. The summed E-state index contributed by atoms with van der Waals surface area (Å²) in [7, 11) is 0. The van der Waals surface area contributed by atoms with E-state index in [0.29, 0.717) is 18.4 Å². The first-order valence-electron chi connectivity index (χ1n) is 6.53. The maximum absolute atomic E-state index is 9.65. The van der Waals surface area contributed by atoms with Crippen LogP contribution < -0.4 is 5.73 Å². The van der Waals surface area contributed by atoms with Gasteiger partial charge in [0.2, 0.25) is 0 Å². The summed E-state index contributed by atoms with van der Waals surface area (Å²) in [5.41, 5.74) is 5.48. The second-order valence-electron chi connectivity index (χ2n) is 5.13. The first-order chi connectivity index (χ1) is 8.06. The van der Waals surface area contributed by atoms with Gasteiger partial charge in [-0.15, -0.1) is 11.3 Å². The quantitative estimate of drug-likeness (QED) is 0.786. The van der Waals surface area contributed by atoms with Crippen LogP contribution in [0.25, 0.3) is 0 Å². The van der Waals surface area contributed by atoms with Crippen LogP contribution in [0.2, 0.25) is 0 Å². The van der Waals surface area contributed by atoms with Crippen LogP contribution in [-0.4, -0.2) is 17.8 Å². The molecule has 2 nitrogen and oxygen atoms in total. The number of thiophene rings is 1. The Kier molecular flexibility index (Phi) is 6.17. The monoisotopic (exact) mass is 255 g/mol. The summed E-state index contributed by atoms with van der Waals surface area (Å²) in [5, 5.41) is 9.65. The predicted octanol–water partition coefficient (Wildman–Crippen LogP) is 3.15. The van der Waals surface area contributed by atoms with E-state index in [0.717, 1.165) is 19.3 Å². The van der Waals surface area contributed by atoms with Gasteiger partial charge >= 0.3 is 0 Å². The standard InChI is InChI=1S/C14H25NOS/c1-4-11(8-12(16)9-15)14-6-5-13(17-14)7-10(2)3/h5-6,10-12,16H,4,7-9,15H2,1-3H3. The Morgan fingerprint density at radius 3 is 2.59 bits per heavy atom. The van der Waals surface area contributed by atoms with Gasteiger partial charge in [0, 0.05) is 16.3 Å². The molecular weight excluding hydrogens is 230 g/mol. The van der Waals surface area contributed by atoms with E-state index in [1.165, 1.54) is 9.75 Å². The summed E-state index contributed by atoms with van der Waals surface area (Å²) in [4.78, 5) is 2.85. The highest BCUT2D eigenvalue weighted by Crippen LogP contribution is 2.31. The maximum atomic E-state index is 9.65. The third-order valence-electron chi connectivity index (χ3n) is 3.02. The molecule has 0 bridgehead atoms. The van der Waals surface area contributed by atoms with Crippen molar-refractivity contribution in [2.24, 2.45) is 11.7 Å². The Morgan fingerprint density at radius 1 is 1.35 bits per heavy atom. The first kappa shape index (κ1) is 14.7. The molecule has 0 amide bonds. The highest BCUT2D eigenvalue weighted by atomic mass is 32.1. The minimum Gasteiger partial charge on any atom is -0.392 e. The Morgan fingerprint density at radius 2 is 2.06 bits per heavy atom. The summed E-state index contributed by atoms with van der Waals surface area (Å²) >= 11 is 1.89. The molecule has 0 spiro atoms. The van der Waals surface area contributed by atoms with Crippen LogP contribution in [0.3, 0.4) is 0 Å². The highest BCUT2D eigenvalue weighted by Gasteiger charge is 2.16. The van der Waals surface area contributed by atoms with Crippen LogP contribution in [0.15, 0.2) is 12.1 Å². The molecule has 0 saturated heterocycles. The molecular formula is C14H25NOS. The van der Waals surface area contributed by atoms with Gasteiger partial charge in [0.15, 0.2) is 0 Å². The number of nitrogens with two attached hydrogens (primary N) is 1. The zero-order chi connectivity index (χ0) is 12.8. The maximum Gasteiger partial charge on any atom is 0.0668 e. The second-order valence-corrected chi connectivity index (χ2v) is 6.33. The van der Waals surface area contributed by atoms with Crippen molar-refractivity contribution in [3.63, 3.8) is 0 Å². The molecule has 3 N–H and O–H groups in total. The minimum absolute atomic E-state index is 0.362. The molecule has 0 aliphatic carbocycles. The lowest BCUT2D eigenvalue weighted by molar-refractivity contribution is 0.162. The van der Waals surface area contributed by atoms with Gasteiger partial charge in [0.1, 0.15) is 0 Å². The van der Waals surface area contributed by atoms with Crippen molar-refractivity contribution in [1.29, 1.82) is 0 Å². The molecule has 2 unspecified atom stereocenters. The van der Waals surface area contributed by atoms with Gasteiger partial charge in [0.05, 0.1) is 6.10 Å². The lowest BCUT2D eigenvalue weighted by Crippen LogP contribution is -2.21. The third-order valence-corrected chi connectivity index (χ3v) is 4.29. The van der Waals surface area contributed by atoms with Crippen molar-refractivity contribution >= 4 is 11.3 Å². The predicted molar refractivity (Wildman–Crippen MR) is 75.6 cm³/mol. The van der Waals surface area contributed by atoms with Crippen LogP contribution in [0.5, 0.6) is 0 Å². The molecule has 0 aliphatic rings. The lowest BCUT2D eigenvalue weighted by atomic mass is 9.97. The zero-order valence-corrected chi connectivity index (χ0v) is 12.0. The van der Waals surface area contributed by atoms with Crippen molar-refractivity contribution in [3.8, 4) is 0 Å². The summed E-state index contributed by atoms with van der Waals surface area (Å²) in [6.07, 6.45) is 2.64. The second kappa shape index (κ2) is 7.14. The van der Waals surface area contributed by atoms with Crippen molar-refractivity contribution in [1.82, 2.24) is 0 Å². The fourth-order valence-corrected chi connectivity index (χ4v) is 3.46. The first-order valence-corrected chi connectivity index (χ1v) is 7.35. The Bertz CT molecular complexity index is 322. The topological polar surface area (TPSA) is 46.2 Å². The molecule has 1 aromatic heterocycles. The SMILES string of the molecule is CCC(CC(O)CN)c1ccc(CC(C)C)s1. The van der Waals surface area contributed by atoms with Crippen molar-refractivity contribution in [2.75, 3.05) is 6.54 Å². The van der Waals surface area contributed by atoms with Crippen LogP contribution in [0, 0.1) is 5.92 Å². The van der Waals surface area contributed by atoms with Crippen LogP contribution in [0.4, 0.5) is 0 Å². The molecule has 98 valence electrons. The van der Waals surface area contributed by atoms with E-state index in [1.54, 1.807) is 0 Å². The van der Waals surface area contributed by atoms with Gasteiger partial charge in [-0.05, 0) is 43.2 Å². The van der Waals surface area contributed by atoms with E-state index < -0.39 is 0 Å². The number of aliphatic hydroxyl groups is 1. The minimum atomic E-state index is -0.365. The Hall–Kier alpha value is -0.380. The van der Waals surface area contributed by atoms with Crippen LogP contribution >= 0.6 is 11.3 Å². The fourth-order valence-electron chi connectivity index (χ4n) is 2.03. The number of aliphatic hydroxyl groups excluding tert-OH is 1. The van der Waals surface area contributed by atoms with Gasteiger partial charge in [-0.3, -0.25) is 0 Å². The molecule has 1 heterocycles. The normalized spacial score (nSPS) is 15.2. The third kappa shape index (κ3) is 4.78. The van der Waals surface area contributed by atoms with Gasteiger partial charge in [-0.1, -0.05) is 20.8 Å². The lowest BCUT2D eigenvalue weighted by Gasteiger charge is -2.16. The molecule has 0 radical (unpaired) electrons. The molecule has 0 aromatic carbocycles. The van der Waals surface area contributed by atoms with E-state index >= 15 is 0 Å². The van der Waals surface area contributed by atoms with E-state index in [4.69, 9.17) is 5.73 Å². The average Bonchev–Trinajstić information content (AvgIpc) is 2.72. The number of hydrogen-bond acceptors (Lipinski definition) is 3. The molecule has 1 rings (SSSR count). The smallest absolute Gasteiger partial charge is 0.0668 e. The summed E-state index contributed by atoms with van der Waals surface area (Å²) < 4.78 is 0. The number of rotatable bonds is 7. The van der Waals surface area contributed by atoms with Crippen LogP contribution in [0.1, 0.15) is 49.3 Å². The van der Waals surface area contributed by atoms with Crippen molar-refractivity contribution in [2.45, 2.75) is 52.1 Å². The van der Waals surface area contributed by atoms with E-state index in [2.05, 4.69) is 32.9 Å². The highest BCUT2D eigenvalue weighted by molar-refractivity contribution is 7.12. The van der Waals surface area contributed by atoms with Gasteiger partial charge in [0.25, 0.3) is 0 Å². The molecule has 1 aromatic rings. The van der Waals surface area contributed by atoms with Crippen molar-refractivity contribution in [3.05, 3.63) is 21.9 Å². The number of hydrogen-bond donors (Lipinski definition) is 2. The summed E-state index contributed by atoms with van der Waals surface area (Å²) in [6.45, 7) is 7.03. The fraction of sp³-hybridized carbons (Fsp3) is 0.714. The molecule has 2 atom stereocenters. The molecule has 0 saturated carbocycles. The largest absolute Gasteiger partial charge is 0.392 e. The van der Waals surface area contributed by atoms with Crippen molar-refractivity contribution < 1.29 is 5.11 Å². The van der Waals surface area contributed by atoms with Gasteiger partial charge in [-0.25, -0.2) is 0 Å². The molecule has 3 heteroatoms.